The molecule has 34 heavy (non-hydrogen) atoms. The van der Waals surface area contributed by atoms with Gasteiger partial charge in [-0.15, -0.1) is 0 Å². The molecule has 2 aromatic rings. The van der Waals surface area contributed by atoms with E-state index in [1.54, 1.807) is 13.0 Å². The Labute approximate surface area is 201 Å². The number of nitrogens with zero attached hydrogens (tertiary/aromatic N) is 5. The van der Waals surface area contributed by atoms with Crippen LogP contribution in [-0.4, -0.2) is 88.8 Å². The van der Waals surface area contributed by atoms with Gasteiger partial charge in [-0.2, -0.15) is 0 Å². The molecule has 0 spiro atoms. The molecule has 1 saturated heterocycles. The maximum absolute atomic E-state index is 12.8. The zero-order chi connectivity index (χ0) is 24.1. The molecule has 4 rings (SSSR count). The van der Waals surface area contributed by atoms with Gasteiger partial charge in [0.15, 0.2) is 0 Å². The molecule has 1 atom stereocenters. The fraction of sp³-hybridized carbons (Fsp3) is 0.520. The molecular formula is C25H35N7O2. The highest BCUT2D eigenvalue weighted by Crippen LogP contribution is 2.22. The van der Waals surface area contributed by atoms with Crippen LogP contribution in [0.3, 0.4) is 0 Å². The van der Waals surface area contributed by atoms with E-state index in [0.29, 0.717) is 18.1 Å². The lowest BCUT2D eigenvalue weighted by Gasteiger charge is -2.32. The van der Waals surface area contributed by atoms with E-state index in [1.165, 1.54) is 17.5 Å². The van der Waals surface area contributed by atoms with E-state index in [2.05, 4.69) is 54.7 Å². The Hall–Kier alpha value is -3.04. The summed E-state index contributed by atoms with van der Waals surface area (Å²) in [5, 5.41) is 6.45. The Morgan fingerprint density at radius 2 is 1.79 bits per heavy atom. The van der Waals surface area contributed by atoms with Crippen molar-refractivity contribution >= 4 is 17.6 Å². The highest BCUT2D eigenvalue weighted by atomic mass is 16.2. The molecule has 2 amide bonds. The van der Waals surface area contributed by atoms with Gasteiger partial charge in [-0.3, -0.25) is 14.5 Å². The average Bonchev–Trinajstić information content (AvgIpc) is 3.24. The molecule has 3 heterocycles. The second kappa shape index (κ2) is 10.9. The Morgan fingerprint density at radius 1 is 1.12 bits per heavy atom. The molecule has 0 aliphatic carbocycles. The number of likely N-dealkylation sites (tertiary alicyclic amines) is 1. The molecule has 1 fully saturated rings. The van der Waals surface area contributed by atoms with Crippen molar-refractivity contribution in [3.8, 4) is 0 Å². The number of aromatic nitrogens is 2. The first kappa shape index (κ1) is 24.1. The normalized spacial score (nSPS) is 17.5. The molecule has 2 N–H and O–H groups in total. The number of fused-ring (bicyclic) bond motifs is 1. The van der Waals surface area contributed by atoms with E-state index in [0.717, 1.165) is 45.6 Å². The zero-order valence-corrected chi connectivity index (χ0v) is 20.3. The number of carbonyl (C=O) groups is 2. The average molecular weight is 466 g/mol. The van der Waals surface area contributed by atoms with Crippen molar-refractivity contribution in [2.75, 3.05) is 45.6 Å². The molecule has 0 radical (unpaired) electrons. The SMILES string of the molecule is CC(=O)N1CCC(Nc2cc(C(=O)NC[C@@H](CN3Cc4ccccc4C3)N(C)C)ncn2)CC1. The molecule has 2 aliphatic rings. The second-order valence-corrected chi connectivity index (χ2v) is 9.48. The van der Waals surface area contributed by atoms with E-state index in [-0.39, 0.29) is 23.9 Å². The van der Waals surface area contributed by atoms with Gasteiger partial charge in [0.1, 0.15) is 17.8 Å². The molecule has 9 heteroatoms. The Balaban J connectivity index is 1.28. The number of amides is 2. The summed E-state index contributed by atoms with van der Waals surface area (Å²) in [6.45, 7) is 6.38. The van der Waals surface area contributed by atoms with Gasteiger partial charge in [0.2, 0.25) is 5.91 Å². The smallest absolute Gasteiger partial charge is 0.270 e. The predicted octanol–water partition coefficient (Wildman–Crippen LogP) is 1.58. The molecule has 9 nitrogen and oxygen atoms in total. The van der Waals surface area contributed by atoms with Crippen LogP contribution < -0.4 is 10.6 Å². The predicted molar refractivity (Wildman–Crippen MR) is 131 cm³/mol. The van der Waals surface area contributed by atoms with E-state index in [9.17, 15) is 9.59 Å². The number of carbonyl (C=O) groups excluding carboxylic acids is 2. The largest absolute Gasteiger partial charge is 0.367 e. The molecule has 2 aliphatic heterocycles. The third-order valence-electron chi connectivity index (χ3n) is 6.80. The van der Waals surface area contributed by atoms with Crippen LogP contribution in [0.4, 0.5) is 5.82 Å². The van der Waals surface area contributed by atoms with Gasteiger partial charge in [-0.1, -0.05) is 24.3 Å². The monoisotopic (exact) mass is 465 g/mol. The van der Waals surface area contributed by atoms with Gasteiger partial charge >= 0.3 is 0 Å². The summed E-state index contributed by atoms with van der Waals surface area (Å²) in [5.41, 5.74) is 3.12. The molecule has 0 unspecified atom stereocenters. The molecule has 1 aromatic carbocycles. The van der Waals surface area contributed by atoms with Gasteiger partial charge in [-0.25, -0.2) is 9.97 Å². The Kier molecular flexibility index (Phi) is 7.74. The zero-order valence-electron chi connectivity index (χ0n) is 20.3. The van der Waals surface area contributed by atoms with Crippen molar-refractivity contribution < 1.29 is 9.59 Å². The number of hydrogen-bond donors (Lipinski definition) is 2. The van der Waals surface area contributed by atoms with Gasteiger partial charge in [0.25, 0.3) is 5.91 Å². The first-order chi connectivity index (χ1) is 16.4. The number of likely N-dealkylation sites (N-methyl/N-ethyl adjacent to an activating group) is 1. The van der Waals surface area contributed by atoms with Crippen molar-refractivity contribution in [1.82, 2.24) is 30.0 Å². The van der Waals surface area contributed by atoms with E-state index >= 15 is 0 Å². The molecule has 0 bridgehead atoms. The van der Waals surface area contributed by atoms with Crippen molar-refractivity contribution in [3.05, 3.63) is 53.5 Å². The lowest BCUT2D eigenvalue weighted by Crippen LogP contribution is -2.46. The Morgan fingerprint density at radius 3 is 2.41 bits per heavy atom. The van der Waals surface area contributed by atoms with Crippen LogP contribution in [-0.2, 0) is 17.9 Å². The topological polar surface area (TPSA) is 93.7 Å². The summed E-state index contributed by atoms with van der Waals surface area (Å²) in [6, 6.07) is 10.7. The van der Waals surface area contributed by atoms with Gasteiger partial charge in [-0.05, 0) is 38.1 Å². The highest BCUT2D eigenvalue weighted by Gasteiger charge is 2.24. The van der Waals surface area contributed by atoms with Gasteiger partial charge in [0.05, 0.1) is 0 Å². The van der Waals surface area contributed by atoms with Crippen LogP contribution in [0.1, 0.15) is 41.4 Å². The number of anilines is 1. The summed E-state index contributed by atoms with van der Waals surface area (Å²) in [7, 11) is 4.09. The molecule has 182 valence electrons. The minimum Gasteiger partial charge on any atom is -0.367 e. The van der Waals surface area contributed by atoms with Gasteiger partial charge in [0, 0.05) is 64.3 Å². The number of benzene rings is 1. The number of nitrogens with one attached hydrogen (secondary N) is 2. The molecule has 0 saturated carbocycles. The number of hydrogen-bond acceptors (Lipinski definition) is 7. The van der Waals surface area contributed by atoms with Crippen LogP contribution in [0.25, 0.3) is 0 Å². The van der Waals surface area contributed by atoms with E-state index in [4.69, 9.17) is 0 Å². The molecular weight excluding hydrogens is 430 g/mol. The first-order valence-corrected chi connectivity index (χ1v) is 12.0. The lowest BCUT2D eigenvalue weighted by molar-refractivity contribution is -0.129. The second-order valence-electron chi connectivity index (χ2n) is 9.48. The van der Waals surface area contributed by atoms with Crippen LogP contribution in [0.5, 0.6) is 0 Å². The van der Waals surface area contributed by atoms with Crippen LogP contribution in [0, 0.1) is 0 Å². The minimum atomic E-state index is -0.201. The third-order valence-corrected chi connectivity index (χ3v) is 6.80. The van der Waals surface area contributed by atoms with E-state index < -0.39 is 0 Å². The maximum Gasteiger partial charge on any atom is 0.270 e. The minimum absolute atomic E-state index is 0.116. The van der Waals surface area contributed by atoms with Crippen molar-refractivity contribution in [2.45, 2.75) is 44.9 Å². The van der Waals surface area contributed by atoms with Crippen LogP contribution >= 0.6 is 0 Å². The summed E-state index contributed by atoms with van der Waals surface area (Å²) in [5.74, 6) is 0.554. The third kappa shape index (κ3) is 6.09. The summed E-state index contributed by atoms with van der Waals surface area (Å²) < 4.78 is 0. The van der Waals surface area contributed by atoms with Crippen molar-refractivity contribution in [3.63, 3.8) is 0 Å². The summed E-state index contributed by atoms with van der Waals surface area (Å²) in [4.78, 5) is 39.3. The van der Waals surface area contributed by atoms with Crippen LogP contribution in [0.2, 0.25) is 0 Å². The maximum atomic E-state index is 12.8. The quantitative estimate of drug-likeness (QED) is 0.611. The fourth-order valence-electron chi connectivity index (χ4n) is 4.65. The van der Waals surface area contributed by atoms with Crippen molar-refractivity contribution in [2.24, 2.45) is 0 Å². The standard InChI is InChI=1S/C25H35N7O2/c1-18(33)32-10-8-21(9-11-32)29-24-12-23(27-17-28-24)25(34)26-13-22(30(2)3)16-31-14-19-6-4-5-7-20(19)15-31/h4-7,12,17,21-22H,8-11,13-16H2,1-3H3,(H,26,34)(H,27,28,29)/t22-/m0/s1. The van der Waals surface area contributed by atoms with Crippen molar-refractivity contribution in [1.29, 1.82) is 0 Å². The Bertz CT molecular complexity index is 979. The highest BCUT2D eigenvalue weighted by molar-refractivity contribution is 5.92. The number of rotatable bonds is 8. The first-order valence-electron chi connectivity index (χ1n) is 12.0. The number of piperidine rings is 1. The summed E-state index contributed by atoms with van der Waals surface area (Å²) in [6.07, 6.45) is 3.14. The summed E-state index contributed by atoms with van der Waals surface area (Å²) >= 11 is 0. The fourth-order valence-corrected chi connectivity index (χ4v) is 4.65. The van der Waals surface area contributed by atoms with E-state index in [1.807, 2.05) is 19.0 Å². The van der Waals surface area contributed by atoms with Crippen LogP contribution in [0.15, 0.2) is 36.7 Å². The lowest BCUT2D eigenvalue weighted by atomic mass is 10.1. The van der Waals surface area contributed by atoms with Gasteiger partial charge < -0.3 is 20.4 Å². The molecule has 1 aromatic heterocycles.